The summed E-state index contributed by atoms with van der Waals surface area (Å²) >= 11 is 1.34. The van der Waals surface area contributed by atoms with Gasteiger partial charge in [0.2, 0.25) is 5.82 Å². The van der Waals surface area contributed by atoms with Crippen LogP contribution in [0.15, 0.2) is 63.5 Å². The van der Waals surface area contributed by atoms with E-state index in [1.165, 1.54) is 18.0 Å². The highest BCUT2D eigenvalue weighted by Gasteiger charge is 2.48. The first-order chi connectivity index (χ1) is 18.6. The molecule has 3 aliphatic rings. The van der Waals surface area contributed by atoms with Crippen molar-refractivity contribution < 1.29 is 13.9 Å². The number of anilines is 2. The molecule has 0 amide bonds. The Morgan fingerprint density at radius 3 is 2.58 bits per heavy atom. The van der Waals surface area contributed by atoms with E-state index in [9.17, 15) is 0 Å². The molecular weight excluding hydrogens is 504 g/mol. The minimum Gasteiger partial charge on any atom is -0.485 e. The molecule has 1 aromatic carbocycles. The minimum atomic E-state index is -0.401. The van der Waals surface area contributed by atoms with Crippen LogP contribution in [0, 0.1) is 0 Å². The van der Waals surface area contributed by atoms with Crippen LogP contribution in [0.25, 0.3) is 11.7 Å². The molecule has 0 unspecified atom stereocenters. The van der Waals surface area contributed by atoms with Crippen molar-refractivity contribution in [2.75, 3.05) is 36.9 Å². The molecule has 1 spiro atoms. The van der Waals surface area contributed by atoms with Gasteiger partial charge in [0.15, 0.2) is 11.6 Å². The van der Waals surface area contributed by atoms with Crippen molar-refractivity contribution in [1.29, 1.82) is 0 Å². The van der Waals surface area contributed by atoms with Crippen molar-refractivity contribution in [3.05, 3.63) is 60.2 Å². The second-order valence-corrected chi connectivity index (χ2v) is 10.7. The number of benzene rings is 1. The van der Waals surface area contributed by atoms with Crippen LogP contribution in [0.5, 0.6) is 5.75 Å². The average molecular weight is 531 g/mol. The number of piperidine rings is 1. The first-order valence-electron chi connectivity index (χ1n) is 12.5. The summed E-state index contributed by atoms with van der Waals surface area (Å²) in [4.78, 5) is 25.0. The van der Waals surface area contributed by atoms with Crippen LogP contribution in [0.1, 0.15) is 36.1 Å². The Morgan fingerprint density at radius 1 is 1.00 bits per heavy atom. The molecule has 0 saturated carbocycles. The van der Waals surface area contributed by atoms with Crippen molar-refractivity contribution >= 4 is 23.4 Å². The first-order valence-corrected chi connectivity index (χ1v) is 13.4. The van der Waals surface area contributed by atoms with Crippen LogP contribution in [0.3, 0.4) is 0 Å². The van der Waals surface area contributed by atoms with E-state index in [1.807, 2.05) is 18.2 Å². The molecule has 2 saturated heterocycles. The van der Waals surface area contributed by atoms with Crippen LogP contribution in [-0.2, 0) is 4.74 Å². The third-order valence-corrected chi connectivity index (χ3v) is 8.35. The lowest BCUT2D eigenvalue weighted by atomic mass is 9.83. The van der Waals surface area contributed by atoms with E-state index < -0.39 is 5.60 Å². The summed E-state index contributed by atoms with van der Waals surface area (Å²) in [7, 11) is 0. The highest BCUT2D eigenvalue weighted by molar-refractivity contribution is 7.99. The molecule has 0 aliphatic carbocycles. The van der Waals surface area contributed by atoms with Crippen molar-refractivity contribution in [2.45, 2.75) is 40.5 Å². The van der Waals surface area contributed by atoms with Crippen molar-refractivity contribution in [3.8, 4) is 17.5 Å². The standard InChI is InChI=1S/C26H26N8O3S/c27-20-16-3-1-2-4-17(16)37-26(20)6-10-34(11-7-26)23-19(15-13-35-14-15)32-25(21(28)33-23)38-18-5-8-29-22(31-18)24-30-9-12-36-24/h1-5,8-9,12,15,20H,6-7,10-11,13-14,27H2,(H2,28,33)/t20-/m1/s1. The summed E-state index contributed by atoms with van der Waals surface area (Å²) in [5.41, 5.74) is 14.7. The number of ether oxygens (including phenoxy) is 2. The summed E-state index contributed by atoms with van der Waals surface area (Å²) in [5.74, 6) is 2.96. The summed E-state index contributed by atoms with van der Waals surface area (Å²) in [5, 5.41) is 1.27. The van der Waals surface area contributed by atoms with Gasteiger partial charge in [0.25, 0.3) is 5.89 Å². The molecule has 194 valence electrons. The molecule has 0 bridgehead atoms. The fraction of sp³-hybridized carbons (Fsp3) is 0.346. The zero-order valence-corrected chi connectivity index (χ0v) is 21.3. The number of hydrogen-bond donors (Lipinski definition) is 2. The second-order valence-electron chi connectivity index (χ2n) is 9.68. The van der Waals surface area contributed by atoms with E-state index in [0.29, 0.717) is 40.8 Å². The lowest BCUT2D eigenvalue weighted by Gasteiger charge is -2.42. The summed E-state index contributed by atoms with van der Waals surface area (Å²) < 4.78 is 17.3. The Bertz CT molecular complexity index is 1470. The van der Waals surface area contributed by atoms with Gasteiger partial charge in [0, 0.05) is 37.7 Å². The van der Waals surface area contributed by atoms with Crippen LogP contribution in [0.4, 0.5) is 11.6 Å². The molecule has 2 fully saturated rings. The number of aromatic nitrogens is 5. The molecule has 3 aliphatic heterocycles. The molecule has 11 nitrogen and oxygen atoms in total. The zero-order valence-electron chi connectivity index (χ0n) is 20.5. The van der Waals surface area contributed by atoms with Gasteiger partial charge in [-0.1, -0.05) is 18.2 Å². The molecule has 6 heterocycles. The van der Waals surface area contributed by atoms with E-state index in [0.717, 1.165) is 48.8 Å². The van der Waals surface area contributed by atoms with Gasteiger partial charge in [-0.2, -0.15) is 0 Å². The first kappa shape index (κ1) is 23.4. The van der Waals surface area contributed by atoms with Gasteiger partial charge in [-0.3, -0.25) is 0 Å². The Labute approximate surface area is 223 Å². The predicted octanol–water partition coefficient (Wildman–Crippen LogP) is 3.20. The monoisotopic (exact) mass is 530 g/mol. The Morgan fingerprint density at radius 2 is 1.84 bits per heavy atom. The zero-order chi connectivity index (χ0) is 25.7. The van der Waals surface area contributed by atoms with E-state index in [4.69, 9.17) is 35.3 Å². The van der Waals surface area contributed by atoms with Gasteiger partial charge in [0.05, 0.1) is 37.1 Å². The van der Waals surface area contributed by atoms with Gasteiger partial charge in [0.1, 0.15) is 27.7 Å². The number of para-hydroxylation sites is 1. The Hall–Kier alpha value is -3.74. The van der Waals surface area contributed by atoms with Gasteiger partial charge < -0.3 is 30.3 Å². The molecule has 12 heteroatoms. The number of nitrogens with two attached hydrogens (primary N) is 2. The quantitative estimate of drug-likeness (QED) is 0.365. The molecule has 0 radical (unpaired) electrons. The molecule has 38 heavy (non-hydrogen) atoms. The molecule has 7 rings (SSSR count). The highest BCUT2D eigenvalue weighted by Crippen LogP contribution is 2.48. The number of fused-ring (bicyclic) bond motifs is 1. The molecule has 4 N–H and O–H groups in total. The van der Waals surface area contributed by atoms with Crippen molar-refractivity contribution in [2.24, 2.45) is 5.73 Å². The fourth-order valence-electron chi connectivity index (χ4n) is 5.25. The number of rotatable bonds is 5. The third kappa shape index (κ3) is 3.96. The highest BCUT2D eigenvalue weighted by atomic mass is 32.2. The maximum Gasteiger partial charge on any atom is 0.264 e. The minimum absolute atomic E-state index is 0.149. The third-order valence-electron chi connectivity index (χ3n) is 7.42. The van der Waals surface area contributed by atoms with Gasteiger partial charge in [-0.15, -0.1) is 0 Å². The average Bonchev–Trinajstić information content (AvgIpc) is 3.53. The summed E-state index contributed by atoms with van der Waals surface area (Å²) in [6.07, 6.45) is 6.27. The maximum absolute atomic E-state index is 6.68. The van der Waals surface area contributed by atoms with E-state index in [2.05, 4.69) is 25.9 Å². The molecule has 4 aromatic rings. The van der Waals surface area contributed by atoms with Crippen molar-refractivity contribution in [1.82, 2.24) is 24.9 Å². The van der Waals surface area contributed by atoms with Crippen LogP contribution < -0.4 is 21.1 Å². The Kier molecular flexibility index (Phi) is 5.68. The number of hydrogen-bond acceptors (Lipinski definition) is 12. The molecule has 3 aromatic heterocycles. The number of nitrogens with zero attached hydrogens (tertiary/aromatic N) is 6. The van der Waals surface area contributed by atoms with E-state index in [-0.39, 0.29) is 12.0 Å². The largest absolute Gasteiger partial charge is 0.485 e. The summed E-state index contributed by atoms with van der Waals surface area (Å²) in [6, 6.07) is 9.71. The summed E-state index contributed by atoms with van der Waals surface area (Å²) in [6.45, 7) is 2.71. The van der Waals surface area contributed by atoms with Crippen molar-refractivity contribution in [3.63, 3.8) is 0 Å². The van der Waals surface area contributed by atoms with Crippen LogP contribution in [-0.4, -0.2) is 56.8 Å². The topological polar surface area (TPSA) is 151 Å². The number of oxazole rings is 1. The van der Waals surface area contributed by atoms with Crippen LogP contribution in [0.2, 0.25) is 0 Å². The van der Waals surface area contributed by atoms with Gasteiger partial charge in [-0.05, 0) is 23.9 Å². The smallest absolute Gasteiger partial charge is 0.264 e. The van der Waals surface area contributed by atoms with E-state index >= 15 is 0 Å². The van der Waals surface area contributed by atoms with E-state index in [1.54, 1.807) is 18.5 Å². The van der Waals surface area contributed by atoms with Gasteiger partial charge >= 0.3 is 0 Å². The number of nitrogen functional groups attached to an aromatic ring is 1. The molecule has 1 atom stereocenters. The van der Waals surface area contributed by atoms with Gasteiger partial charge in [-0.25, -0.2) is 24.9 Å². The molecular formula is C26H26N8O3S. The Balaban J connectivity index is 1.14. The lowest BCUT2D eigenvalue weighted by Crippen LogP contribution is -2.52. The lowest BCUT2D eigenvalue weighted by molar-refractivity contribution is 0.00632. The van der Waals surface area contributed by atoms with Crippen LogP contribution >= 0.6 is 11.8 Å². The fourth-order valence-corrected chi connectivity index (χ4v) is 6.01. The predicted molar refractivity (Wildman–Crippen MR) is 140 cm³/mol. The maximum atomic E-state index is 6.68. The second kappa shape index (κ2) is 9.22. The SMILES string of the molecule is Nc1nc(N2CCC3(CC2)Oc2ccccc2[C@H]3N)c(C2COC2)nc1Sc1ccnc(-c2ncco2)n1. The normalized spacial score (nSPS) is 20.2.